The maximum Gasteiger partial charge on any atom is 0.417 e. The predicted octanol–water partition coefficient (Wildman–Crippen LogP) is 1.79. The molecule has 1 aliphatic rings. The molecule has 57 valence electrons. The van der Waals surface area contributed by atoms with Crippen molar-refractivity contribution in [2.75, 3.05) is 0 Å². The van der Waals surface area contributed by atoms with Crippen LogP contribution in [-0.2, 0) is 9.53 Å². The van der Waals surface area contributed by atoms with Gasteiger partial charge < -0.3 is 4.74 Å². The van der Waals surface area contributed by atoms with Gasteiger partial charge in [-0.1, -0.05) is 12.8 Å². The second-order valence-corrected chi connectivity index (χ2v) is 2.81. The molecule has 2 heteroatoms. The molecule has 2 nitrogen and oxygen atoms in total. The fraction of sp³-hybridized carbons (Fsp3) is 0.875. The lowest BCUT2D eigenvalue weighted by Crippen LogP contribution is -2.09. The number of rotatable bonds is 2. The summed E-state index contributed by atoms with van der Waals surface area (Å²) in [5.74, 6) is 0. The van der Waals surface area contributed by atoms with Crippen LogP contribution in [0.2, 0.25) is 0 Å². The molecule has 1 fully saturated rings. The molecular formula is C8H13O2. The SMILES string of the molecule is O=[C]OC1CCCCCC1. The zero-order chi connectivity index (χ0) is 7.23. The molecule has 0 unspecified atom stereocenters. The molecule has 0 atom stereocenters. The summed E-state index contributed by atoms with van der Waals surface area (Å²) in [4.78, 5) is 9.84. The molecule has 1 rings (SSSR count). The summed E-state index contributed by atoms with van der Waals surface area (Å²) in [6.45, 7) is 1.52. The van der Waals surface area contributed by atoms with E-state index in [1.165, 1.54) is 32.2 Å². The number of carbonyl (C=O) groups excluding carboxylic acids is 1. The Labute approximate surface area is 61.6 Å². The zero-order valence-corrected chi connectivity index (χ0v) is 6.14. The lowest BCUT2D eigenvalue weighted by molar-refractivity contribution is 0.160. The van der Waals surface area contributed by atoms with Crippen molar-refractivity contribution in [3.05, 3.63) is 0 Å². The number of hydrogen-bond donors (Lipinski definition) is 0. The van der Waals surface area contributed by atoms with Crippen molar-refractivity contribution in [3.8, 4) is 0 Å². The number of hydrogen-bond acceptors (Lipinski definition) is 2. The molecule has 0 heterocycles. The molecule has 0 aliphatic heterocycles. The fourth-order valence-corrected chi connectivity index (χ4v) is 1.43. The molecule has 1 radical (unpaired) electrons. The molecule has 0 aromatic heterocycles. The van der Waals surface area contributed by atoms with Crippen LogP contribution in [-0.4, -0.2) is 12.6 Å². The Bertz CT molecular complexity index is 93.4. The predicted molar refractivity (Wildman–Crippen MR) is 38.3 cm³/mol. The highest BCUT2D eigenvalue weighted by Crippen LogP contribution is 2.18. The highest BCUT2D eigenvalue weighted by Gasteiger charge is 2.11. The van der Waals surface area contributed by atoms with Gasteiger partial charge in [-0.05, 0) is 25.7 Å². The average molecular weight is 141 g/mol. The van der Waals surface area contributed by atoms with Crippen molar-refractivity contribution in [2.45, 2.75) is 44.6 Å². The smallest absolute Gasteiger partial charge is 0.417 e. The number of ether oxygens (including phenoxy) is 1. The molecule has 0 spiro atoms. The van der Waals surface area contributed by atoms with E-state index >= 15 is 0 Å². The molecule has 0 amide bonds. The first kappa shape index (κ1) is 7.58. The van der Waals surface area contributed by atoms with Crippen LogP contribution in [0.5, 0.6) is 0 Å². The highest BCUT2D eigenvalue weighted by molar-refractivity contribution is 5.38. The quantitative estimate of drug-likeness (QED) is 0.548. The van der Waals surface area contributed by atoms with E-state index in [-0.39, 0.29) is 6.10 Å². The molecule has 1 aliphatic carbocycles. The van der Waals surface area contributed by atoms with E-state index in [2.05, 4.69) is 0 Å². The summed E-state index contributed by atoms with van der Waals surface area (Å²) >= 11 is 0. The van der Waals surface area contributed by atoms with Gasteiger partial charge in [0.1, 0.15) is 6.10 Å². The van der Waals surface area contributed by atoms with Crippen LogP contribution in [0.25, 0.3) is 0 Å². The van der Waals surface area contributed by atoms with E-state index in [9.17, 15) is 4.79 Å². The van der Waals surface area contributed by atoms with Gasteiger partial charge in [0.25, 0.3) is 0 Å². The molecular weight excluding hydrogens is 128 g/mol. The van der Waals surface area contributed by atoms with E-state index in [1.807, 2.05) is 0 Å². The minimum absolute atomic E-state index is 0.167. The summed E-state index contributed by atoms with van der Waals surface area (Å²) < 4.78 is 4.76. The summed E-state index contributed by atoms with van der Waals surface area (Å²) in [7, 11) is 0. The van der Waals surface area contributed by atoms with E-state index in [4.69, 9.17) is 4.74 Å². The maximum atomic E-state index is 9.84. The molecule has 1 saturated carbocycles. The Morgan fingerprint density at radius 1 is 1.10 bits per heavy atom. The van der Waals surface area contributed by atoms with Crippen molar-refractivity contribution >= 4 is 6.47 Å². The van der Waals surface area contributed by atoms with Crippen molar-refractivity contribution in [3.63, 3.8) is 0 Å². The molecule has 0 N–H and O–H groups in total. The lowest BCUT2D eigenvalue weighted by Gasteiger charge is -2.09. The summed E-state index contributed by atoms with van der Waals surface area (Å²) in [5, 5.41) is 0. The minimum Gasteiger partial charge on any atom is -0.454 e. The second kappa shape index (κ2) is 4.31. The largest absolute Gasteiger partial charge is 0.454 e. The Kier molecular flexibility index (Phi) is 3.27. The van der Waals surface area contributed by atoms with Crippen molar-refractivity contribution in [2.24, 2.45) is 0 Å². The van der Waals surface area contributed by atoms with E-state index in [0.717, 1.165) is 12.8 Å². The van der Waals surface area contributed by atoms with Crippen molar-refractivity contribution < 1.29 is 9.53 Å². The van der Waals surface area contributed by atoms with Crippen LogP contribution in [0.15, 0.2) is 0 Å². The van der Waals surface area contributed by atoms with Gasteiger partial charge in [-0.2, -0.15) is 0 Å². The first-order valence-electron chi connectivity index (χ1n) is 3.96. The van der Waals surface area contributed by atoms with Crippen LogP contribution in [0.4, 0.5) is 0 Å². The van der Waals surface area contributed by atoms with Gasteiger partial charge in [-0.15, -0.1) is 0 Å². The van der Waals surface area contributed by atoms with Gasteiger partial charge in [0.2, 0.25) is 0 Å². The summed E-state index contributed by atoms with van der Waals surface area (Å²) in [6, 6.07) is 0. The van der Waals surface area contributed by atoms with Gasteiger partial charge in [0, 0.05) is 0 Å². The van der Waals surface area contributed by atoms with Gasteiger partial charge in [0.05, 0.1) is 0 Å². The molecule has 0 aromatic rings. The van der Waals surface area contributed by atoms with E-state index < -0.39 is 0 Å². The fourth-order valence-electron chi connectivity index (χ4n) is 1.43. The topological polar surface area (TPSA) is 26.3 Å². The van der Waals surface area contributed by atoms with E-state index in [1.54, 1.807) is 0 Å². The van der Waals surface area contributed by atoms with Crippen LogP contribution >= 0.6 is 0 Å². The van der Waals surface area contributed by atoms with Gasteiger partial charge in [0.15, 0.2) is 0 Å². The third kappa shape index (κ3) is 2.38. The molecule has 0 aromatic carbocycles. The lowest BCUT2D eigenvalue weighted by atomic mass is 10.2. The van der Waals surface area contributed by atoms with Crippen LogP contribution < -0.4 is 0 Å². The second-order valence-electron chi connectivity index (χ2n) is 2.81. The standard InChI is InChI=1S/C8H13O2/c9-7-10-8-5-3-1-2-4-6-8/h8H,1-6H2. The first-order chi connectivity index (χ1) is 4.93. The summed E-state index contributed by atoms with van der Waals surface area (Å²) in [5.41, 5.74) is 0. The van der Waals surface area contributed by atoms with Gasteiger partial charge in [-0.3, -0.25) is 0 Å². The summed E-state index contributed by atoms with van der Waals surface area (Å²) in [6.07, 6.45) is 7.22. The van der Waals surface area contributed by atoms with Gasteiger partial charge >= 0.3 is 6.47 Å². The maximum absolute atomic E-state index is 9.84. The molecule has 0 saturated heterocycles. The third-order valence-electron chi connectivity index (χ3n) is 2.02. The van der Waals surface area contributed by atoms with Crippen LogP contribution in [0.3, 0.4) is 0 Å². The van der Waals surface area contributed by atoms with Crippen molar-refractivity contribution in [1.82, 2.24) is 0 Å². The monoisotopic (exact) mass is 141 g/mol. The van der Waals surface area contributed by atoms with E-state index in [0.29, 0.717) is 0 Å². The Hall–Kier alpha value is -0.530. The normalized spacial score (nSPS) is 21.6. The van der Waals surface area contributed by atoms with Crippen LogP contribution in [0.1, 0.15) is 38.5 Å². The Morgan fingerprint density at radius 2 is 1.70 bits per heavy atom. The first-order valence-corrected chi connectivity index (χ1v) is 3.96. The molecule has 10 heavy (non-hydrogen) atoms. The Morgan fingerprint density at radius 3 is 2.20 bits per heavy atom. The van der Waals surface area contributed by atoms with Crippen molar-refractivity contribution in [1.29, 1.82) is 0 Å². The zero-order valence-electron chi connectivity index (χ0n) is 6.14. The van der Waals surface area contributed by atoms with Gasteiger partial charge in [-0.25, -0.2) is 4.79 Å². The average Bonchev–Trinajstić information content (AvgIpc) is 2.17. The molecule has 0 bridgehead atoms. The minimum atomic E-state index is 0.167. The Balaban J connectivity index is 2.21. The highest BCUT2D eigenvalue weighted by atomic mass is 16.5. The third-order valence-corrected chi connectivity index (χ3v) is 2.02. The van der Waals surface area contributed by atoms with Crippen LogP contribution in [0, 0.1) is 0 Å².